The summed E-state index contributed by atoms with van der Waals surface area (Å²) in [4.78, 5) is 9.53. The summed E-state index contributed by atoms with van der Waals surface area (Å²) in [5, 5.41) is 0. The molecule has 0 heterocycles. The van der Waals surface area contributed by atoms with E-state index in [9.17, 15) is 9.46 Å². The highest BCUT2D eigenvalue weighted by Crippen LogP contribution is 2.43. The van der Waals surface area contributed by atoms with E-state index >= 15 is 0 Å². The second-order valence-electron chi connectivity index (χ2n) is 3.28. The Morgan fingerprint density at radius 3 is 1.44 bits per heavy atom. The third kappa shape index (κ3) is 4.50. The van der Waals surface area contributed by atoms with Gasteiger partial charge in [0.05, 0.1) is 0 Å². The van der Waals surface area contributed by atoms with Crippen molar-refractivity contribution in [2.24, 2.45) is 0 Å². The van der Waals surface area contributed by atoms with E-state index in [2.05, 4.69) is 0 Å². The van der Waals surface area contributed by atoms with Crippen LogP contribution in [0, 0.1) is 0 Å². The van der Waals surface area contributed by atoms with E-state index in [-0.39, 0.29) is 21.4 Å². The Balaban J connectivity index is 0.00000162. The first kappa shape index (κ1) is 14.7. The fourth-order valence-corrected chi connectivity index (χ4v) is 2.06. The summed E-state index contributed by atoms with van der Waals surface area (Å²) in [6.07, 6.45) is 0. The van der Waals surface area contributed by atoms with Crippen molar-refractivity contribution in [3.8, 4) is 11.5 Å². The van der Waals surface area contributed by atoms with Crippen LogP contribution in [0.2, 0.25) is 0 Å². The highest BCUT2D eigenvalue weighted by molar-refractivity contribution is 7.48. The van der Waals surface area contributed by atoms with Crippen LogP contribution in [0.3, 0.4) is 0 Å². The predicted molar refractivity (Wildman–Crippen MR) is 75.1 cm³/mol. The lowest BCUT2D eigenvalue weighted by molar-refractivity contribution is 0.291. The van der Waals surface area contributed by atoms with Gasteiger partial charge in [-0.15, -0.1) is 0 Å². The molecule has 0 saturated carbocycles. The maximum atomic E-state index is 11.7. The topological polar surface area (TPSA) is 55.8 Å². The molecule has 96 valence electrons. The van der Waals surface area contributed by atoms with Crippen LogP contribution in [0.25, 0.3) is 0 Å². The zero-order valence-corrected chi connectivity index (χ0v) is 11.9. The fourth-order valence-electron chi connectivity index (χ4n) is 1.25. The van der Waals surface area contributed by atoms with Crippen molar-refractivity contribution < 1.29 is 18.5 Å². The summed E-state index contributed by atoms with van der Waals surface area (Å²) in [7, 11) is -4.14. The predicted octanol–water partition coefficient (Wildman–Crippen LogP) is 3.30. The van der Waals surface area contributed by atoms with Crippen LogP contribution < -0.4 is 9.05 Å². The molecule has 0 amide bonds. The molecular weight excluding hydrogens is 270 g/mol. The highest BCUT2D eigenvalue weighted by atomic mass is 31.2. The molecule has 0 bridgehead atoms. The van der Waals surface area contributed by atoms with Crippen molar-refractivity contribution in [2.75, 3.05) is 0 Å². The highest BCUT2D eigenvalue weighted by Gasteiger charge is 2.24. The monoisotopic (exact) mass is 284 g/mol. The van der Waals surface area contributed by atoms with Gasteiger partial charge in [0, 0.05) is 0 Å². The first-order valence-electron chi connectivity index (χ1n) is 4.98. The lowest BCUT2D eigenvalue weighted by atomic mass is 10.3. The molecule has 0 aromatic heterocycles. The van der Waals surface area contributed by atoms with Gasteiger partial charge in [-0.3, -0.25) is 4.89 Å². The van der Waals surface area contributed by atoms with Crippen LogP contribution in [0.5, 0.6) is 11.5 Å². The zero-order valence-electron chi connectivity index (χ0n) is 9.60. The van der Waals surface area contributed by atoms with Gasteiger partial charge in [0.1, 0.15) is 11.5 Å². The number of hydrogen-bond acceptors (Lipinski definition) is 3. The standard InChI is InChI=1S/C12H11O4P.H3P/c13-17(14,15-11-7-3-1-4-8-11)16-12-9-5-2-6-10-12;/h1-10H,(H,13,14);1H3. The lowest BCUT2D eigenvalue weighted by Gasteiger charge is -2.13. The van der Waals surface area contributed by atoms with Crippen molar-refractivity contribution in [3.05, 3.63) is 60.7 Å². The molecule has 1 atom stereocenters. The van der Waals surface area contributed by atoms with Crippen LogP contribution >= 0.6 is 17.7 Å². The number of phosphoric acid groups is 1. The van der Waals surface area contributed by atoms with E-state index in [4.69, 9.17) is 9.05 Å². The molecule has 4 nitrogen and oxygen atoms in total. The van der Waals surface area contributed by atoms with Gasteiger partial charge in [-0.05, 0) is 24.3 Å². The van der Waals surface area contributed by atoms with Gasteiger partial charge in [0.2, 0.25) is 0 Å². The normalized spacial score (nSPS) is 10.3. The number of rotatable bonds is 4. The first-order valence-corrected chi connectivity index (χ1v) is 6.47. The average Bonchev–Trinajstić information content (AvgIpc) is 2.30. The van der Waals surface area contributed by atoms with E-state index in [0.717, 1.165) is 0 Å². The second kappa shape index (κ2) is 6.55. The van der Waals surface area contributed by atoms with E-state index in [1.54, 1.807) is 60.7 Å². The third-order valence-electron chi connectivity index (χ3n) is 1.93. The maximum absolute atomic E-state index is 11.7. The molecule has 0 fully saturated rings. The smallest absolute Gasteiger partial charge is 0.395 e. The first-order chi connectivity index (χ1) is 8.16. The molecule has 0 aliphatic rings. The molecular formula is C12H14O4P2. The van der Waals surface area contributed by atoms with Gasteiger partial charge >= 0.3 is 7.82 Å². The van der Waals surface area contributed by atoms with E-state index in [1.165, 1.54) is 0 Å². The van der Waals surface area contributed by atoms with Crippen molar-refractivity contribution in [1.82, 2.24) is 0 Å². The van der Waals surface area contributed by atoms with Crippen LogP contribution in [0.4, 0.5) is 0 Å². The van der Waals surface area contributed by atoms with Gasteiger partial charge in [0.15, 0.2) is 0 Å². The second-order valence-corrected chi connectivity index (χ2v) is 4.58. The van der Waals surface area contributed by atoms with Gasteiger partial charge in [0.25, 0.3) is 0 Å². The van der Waals surface area contributed by atoms with Crippen LogP contribution in [0.1, 0.15) is 0 Å². The van der Waals surface area contributed by atoms with Gasteiger partial charge < -0.3 is 9.05 Å². The van der Waals surface area contributed by atoms with Crippen LogP contribution in [-0.4, -0.2) is 4.89 Å². The molecule has 0 saturated heterocycles. The number of phosphoric ester groups is 1. The molecule has 0 aliphatic heterocycles. The van der Waals surface area contributed by atoms with Crippen LogP contribution in [0.15, 0.2) is 60.7 Å². The van der Waals surface area contributed by atoms with Gasteiger partial charge in [-0.25, -0.2) is 4.57 Å². The van der Waals surface area contributed by atoms with Gasteiger partial charge in [-0.1, -0.05) is 36.4 Å². The van der Waals surface area contributed by atoms with E-state index < -0.39 is 7.82 Å². The van der Waals surface area contributed by atoms with E-state index in [1.807, 2.05) is 0 Å². The Morgan fingerprint density at radius 2 is 1.11 bits per heavy atom. The van der Waals surface area contributed by atoms with Crippen molar-refractivity contribution in [2.45, 2.75) is 0 Å². The molecule has 0 spiro atoms. The Kier molecular flexibility index (Phi) is 5.36. The van der Waals surface area contributed by atoms with Crippen molar-refractivity contribution in [3.63, 3.8) is 0 Å². The van der Waals surface area contributed by atoms with Gasteiger partial charge in [-0.2, -0.15) is 9.90 Å². The zero-order chi connectivity index (χ0) is 12.1. The Labute approximate surface area is 109 Å². The largest absolute Gasteiger partial charge is 0.584 e. The van der Waals surface area contributed by atoms with Crippen molar-refractivity contribution >= 4 is 17.7 Å². The molecule has 6 heteroatoms. The summed E-state index contributed by atoms with van der Waals surface area (Å²) >= 11 is 0. The summed E-state index contributed by atoms with van der Waals surface area (Å²) < 4.78 is 21.5. The summed E-state index contributed by atoms with van der Waals surface area (Å²) in [5.41, 5.74) is 0. The minimum absolute atomic E-state index is 0. The minimum atomic E-state index is -4.14. The molecule has 1 unspecified atom stereocenters. The molecule has 2 aromatic carbocycles. The molecule has 18 heavy (non-hydrogen) atoms. The number of benzene rings is 2. The lowest BCUT2D eigenvalue weighted by Crippen LogP contribution is -1.99. The summed E-state index contributed by atoms with van der Waals surface area (Å²) in [5.74, 6) is 0.573. The van der Waals surface area contributed by atoms with Crippen LogP contribution in [-0.2, 0) is 4.57 Å². The Morgan fingerprint density at radius 1 is 0.778 bits per heavy atom. The quantitative estimate of drug-likeness (QED) is 0.875. The maximum Gasteiger partial charge on any atom is 0.584 e. The number of hydrogen-bond donors (Lipinski definition) is 1. The number of para-hydroxylation sites is 2. The molecule has 0 aliphatic carbocycles. The van der Waals surface area contributed by atoms with E-state index in [0.29, 0.717) is 0 Å². The van der Waals surface area contributed by atoms with Crippen molar-refractivity contribution in [1.29, 1.82) is 0 Å². The summed E-state index contributed by atoms with van der Waals surface area (Å²) in [6.45, 7) is 0. The average molecular weight is 284 g/mol. The fraction of sp³-hybridized carbons (Fsp3) is 0. The molecule has 1 N–H and O–H groups in total. The SMILES string of the molecule is O=P(O)(Oc1ccccc1)Oc1ccccc1.P. The molecule has 2 rings (SSSR count). The Bertz CT molecular complexity index is 471. The molecule has 0 radical (unpaired) electrons. The third-order valence-corrected chi connectivity index (χ3v) is 2.81. The molecule has 2 aromatic rings. The summed E-state index contributed by atoms with van der Waals surface area (Å²) in [6, 6.07) is 16.7. The minimum Gasteiger partial charge on any atom is -0.395 e. The Hall–Kier alpha value is -1.34.